The van der Waals surface area contributed by atoms with Crippen molar-refractivity contribution in [3.05, 3.63) is 23.3 Å². The van der Waals surface area contributed by atoms with Crippen molar-refractivity contribution in [3.8, 4) is 11.5 Å². The van der Waals surface area contributed by atoms with Crippen LogP contribution in [0.4, 0.5) is 13.2 Å². The minimum Gasteiger partial charge on any atom is -0.493 e. The number of rotatable bonds is 4. The van der Waals surface area contributed by atoms with Crippen LogP contribution in [0, 0.1) is 0 Å². The van der Waals surface area contributed by atoms with Crippen LogP contribution < -0.4 is 9.47 Å². The lowest BCUT2D eigenvalue weighted by molar-refractivity contribution is -0.143. The molecule has 0 radical (unpaired) electrons. The van der Waals surface area contributed by atoms with E-state index in [4.69, 9.17) is 9.47 Å². The molecule has 1 aliphatic rings. The first-order valence-corrected chi connectivity index (χ1v) is 6.84. The van der Waals surface area contributed by atoms with Crippen LogP contribution in [0.25, 0.3) is 0 Å². The molecule has 0 atom stereocenters. The first-order chi connectivity index (χ1) is 10.3. The van der Waals surface area contributed by atoms with Crippen LogP contribution in [-0.4, -0.2) is 25.3 Å². The topological polar surface area (TPSA) is 55.8 Å². The predicted molar refractivity (Wildman–Crippen MR) is 72.3 cm³/mol. The Kier molecular flexibility index (Phi) is 4.26. The van der Waals surface area contributed by atoms with E-state index < -0.39 is 28.9 Å². The molecule has 4 nitrogen and oxygen atoms in total. The number of hydrogen-bond donors (Lipinski definition) is 1. The average Bonchev–Trinajstić information content (AvgIpc) is 2.95. The summed E-state index contributed by atoms with van der Waals surface area (Å²) in [5, 5.41) is 9.61. The van der Waals surface area contributed by atoms with Crippen LogP contribution in [0.1, 0.15) is 36.8 Å². The van der Waals surface area contributed by atoms with Crippen molar-refractivity contribution >= 4 is 5.97 Å². The summed E-state index contributed by atoms with van der Waals surface area (Å²) in [6, 6.07) is 2.06. The van der Waals surface area contributed by atoms with Crippen molar-refractivity contribution in [2.45, 2.75) is 37.3 Å². The van der Waals surface area contributed by atoms with Gasteiger partial charge in [0.2, 0.25) is 0 Å². The number of alkyl halides is 3. The summed E-state index contributed by atoms with van der Waals surface area (Å²) < 4.78 is 49.2. The van der Waals surface area contributed by atoms with Crippen molar-refractivity contribution in [3.63, 3.8) is 0 Å². The highest BCUT2D eigenvalue weighted by molar-refractivity contribution is 5.83. The molecule has 0 saturated heterocycles. The fourth-order valence-electron chi connectivity index (χ4n) is 3.14. The lowest BCUT2D eigenvalue weighted by Gasteiger charge is -2.28. The van der Waals surface area contributed by atoms with Crippen LogP contribution in [-0.2, 0) is 16.4 Å². The smallest absolute Gasteiger partial charge is 0.420 e. The second-order valence-electron chi connectivity index (χ2n) is 5.32. The molecule has 0 aliphatic heterocycles. The first-order valence-electron chi connectivity index (χ1n) is 6.84. The van der Waals surface area contributed by atoms with E-state index in [0.717, 1.165) is 13.2 Å². The zero-order valence-corrected chi connectivity index (χ0v) is 12.3. The molecule has 1 aromatic carbocycles. The summed E-state index contributed by atoms with van der Waals surface area (Å²) in [7, 11) is 2.32. The minimum atomic E-state index is -4.61. The summed E-state index contributed by atoms with van der Waals surface area (Å²) in [6.07, 6.45) is -2.46. The standard InChI is InChI=1S/C15H17F3O4/c1-21-11-9(14(13(19)20)7-3-4-8-14)5-6-10(12(11)22-2)15(16,17)18/h5-6H,3-4,7-8H2,1-2H3,(H,19,20). The largest absolute Gasteiger partial charge is 0.493 e. The van der Waals surface area contributed by atoms with Crippen molar-refractivity contribution in [2.75, 3.05) is 14.2 Å². The molecule has 22 heavy (non-hydrogen) atoms. The number of aliphatic carboxylic acids is 1. The Balaban J connectivity index is 2.70. The van der Waals surface area contributed by atoms with E-state index in [2.05, 4.69) is 0 Å². The Morgan fingerprint density at radius 2 is 1.68 bits per heavy atom. The lowest BCUT2D eigenvalue weighted by atomic mass is 9.78. The molecule has 1 aliphatic carbocycles. The van der Waals surface area contributed by atoms with Gasteiger partial charge in [0.15, 0.2) is 11.5 Å². The first kappa shape index (κ1) is 16.5. The third kappa shape index (κ3) is 2.48. The number of halogens is 3. The molecule has 0 heterocycles. The Morgan fingerprint density at radius 3 is 2.09 bits per heavy atom. The van der Waals surface area contributed by atoms with E-state index in [0.29, 0.717) is 25.7 Å². The van der Waals surface area contributed by atoms with Gasteiger partial charge in [0.25, 0.3) is 0 Å². The number of ether oxygens (including phenoxy) is 2. The van der Waals surface area contributed by atoms with Gasteiger partial charge in [0.05, 0.1) is 19.6 Å². The molecule has 1 N–H and O–H groups in total. The quantitative estimate of drug-likeness (QED) is 0.921. The van der Waals surface area contributed by atoms with Gasteiger partial charge in [0.1, 0.15) is 5.56 Å². The lowest BCUT2D eigenvalue weighted by Crippen LogP contribution is -2.33. The van der Waals surface area contributed by atoms with Gasteiger partial charge in [0, 0.05) is 5.56 Å². The Morgan fingerprint density at radius 1 is 1.14 bits per heavy atom. The van der Waals surface area contributed by atoms with Gasteiger partial charge < -0.3 is 14.6 Å². The molecule has 122 valence electrons. The third-order valence-electron chi connectivity index (χ3n) is 4.21. The van der Waals surface area contributed by atoms with Crippen LogP contribution in [0.15, 0.2) is 12.1 Å². The molecular weight excluding hydrogens is 301 g/mol. The highest BCUT2D eigenvalue weighted by Crippen LogP contribution is 2.51. The fourth-order valence-corrected chi connectivity index (χ4v) is 3.14. The molecule has 1 fully saturated rings. The zero-order valence-electron chi connectivity index (χ0n) is 12.3. The van der Waals surface area contributed by atoms with Crippen LogP contribution in [0.5, 0.6) is 11.5 Å². The van der Waals surface area contributed by atoms with E-state index in [-0.39, 0.29) is 11.3 Å². The average molecular weight is 318 g/mol. The summed E-state index contributed by atoms with van der Waals surface area (Å²) in [6.45, 7) is 0. The summed E-state index contributed by atoms with van der Waals surface area (Å²) in [4.78, 5) is 11.8. The number of carboxylic acids is 1. The molecule has 0 unspecified atom stereocenters. The van der Waals surface area contributed by atoms with E-state index >= 15 is 0 Å². The predicted octanol–water partition coefficient (Wildman–Crippen LogP) is 3.62. The maximum Gasteiger partial charge on any atom is 0.420 e. The number of methoxy groups -OCH3 is 2. The third-order valence-corrected chi connectivity index (χ3v) is 4.21. The van der Waals surface area contributed by atoms with Crippen molar-refractivity contribution in [1.82, 2.24) is 0 Å². The van der Waals surface area contributed by atoms with Gasteiger partial charge in [-0.15, -0.1) is 0 Å². The Bertz CT molecular complexity index is 575. The molecule has 0 amide bonds. The number of carbonyl (C=O) groups is 1. The summed E-state index contributed by atoms with van der Waals surface area (Å²) >= 11 is 0. The fraction of sp³-hybridized carbons (Fsp3) is 0.533. The highest BCUT2D eigenvalue weighted by Gasteiger charge is 2.47. The summed E-state index contributed by atoms with van der Waals surface area (Å²) in [5.41, 5.74) is -1.96. The Labute approximate surface area is 125 Å². The molecule has 2 rings (SSSR count). The molecule has 1 saturated carbocycles. The van der Waals surface area contributed by atoms with Crippen molar-refractivity contribution < 1.29 is 32.5 Å². The van der Waals surface area contributed by atoms with Gasteiger partial charge in [-0.2, -0.15) is 13.2 Å². The normalized spacial score (nSPS) is 17.3. The van der Waals surface area contributed by atoms with E-state index in [1.165, 1.54) is 13.2 Å². The van der Waals surface area contributed by atoms with Crippen LogP contribution in [0.2, 0.25) is 0 Å². The van der Waals surface area contributed by atoms with E-state index in [9.17, 15) is 23.1 Å². The van der Waals surface area contributed by atoms with Crippen LogP contribution in [0.3, 0.4) is 0 Å². The molecule has 0 aromatic heterocycles. The Hall–Kier alpha value is -1.92. The number of carboxylic acid groups (broad SMARTS) is 1. The molecule has 0 bridgehead atoms. The van der Waals surface area contributed by atoms with Crippen molar-refractivity contribution in [2.24, 2.45) is 0 Å². The summed E-state index contributed by atoms with van der Waals surface area (Å²) in [5.74, 6) is -1.67. The second-order valence-corrected chi connectivity index (χ2v) is 5.32. The van der Waals surface area contributed by atoms with E-state index in [1.54, 1.807) is 0 Å². The maximum atomic E-state index is 13.1. The van der Waals surface area contributed by atoms with Crippen LogP contribution >= 0.6 is 0 Å². The van der Waals surface area contributed by atoms with Crippen molar-refractivity contribution in [1.29, 1.82) is 0 Å². The van der Waals surface area contributed by atoms with E-state index in [1.807, 2.05) is 0 Å². The zero-order chi connectivity index (χ0) is 16.5. The molecular formula is C15H17F3O4. The van der Waals surface area contributed by atoms with Gasteiger partial charge >= 0.3 is 12.1 Å². The monoisotopic (exact) mass is 318 g/mol. The SMILES string of the molecule is COc1c(C(F)(F)F)ccc(C2(C(=O)O)CCCC2)c1OC. The van der Waals surface area contributed by atoms with Gasteiger partial charge in [-0.25, -0.2) is 0 Å². The second kappa shape index (κ2) is 5.70. The minimum absolute atomic E-state index is 0.151. The van der Waals surface area contributed by atoms with Gasteiger partial charge in [-0.3, -0.25) is 4.79 Å². The highest BCUT2D eigenvalue weighted by atomic mass is 19.4. The number of benzene rings is 1. The van der Waals surface area contributed by atoms with Gasteiger partial charge in [-0.1, -0.05) is 18.9 Å². The molecule has 0 spiro atoms. The number of hydrogen-bond acceptors (Lipinski definition) is 3. The van der Waals surface area contributed by atoms with Gasteiger partial charge in [-0.05, 0) is 18.9 Å². The maximum absolute atomic E-state index is 13.1. The molecule has 1 aromatic rings. The molecule has 7 heteroatoms.